The minimum atomic E-state index is -0.0170. The molecule has 0 bridgehead atoms. The maximum Gasteiger partial charge on any atom is 0.0501 e. The van der Waals surface area contributed by atoms with Crippen molar-refractivity contribution in [1.82, 2.24) is 5.32 Å². The highest BCUT2D eigenvalue weighted by Gasteiger charge is 2.31. The van der Waals surface area contributed by atoms with Crippen LogP contribution in [0.25, 0.3) is 0 Å². The van der Waals surface area contributed by atoms with E-state index in [0.717, 1.165) is 44.2 Å². The number of hydrogen-bond acceptors (Lipinski definition) is 3. The van der Waals surface area contributed by atoms with Gasteiger partial charge < -0.3 is 15.2 Å². The zero-order valence-corrected chi connectivity index (χ0v) is 11.2. The zero-order chi connectivity index (χ0) is 12.8. The summed E-state index contributed by atoms with van der Waals surface area (Å²) in [5.41, 5.74) is 1.15. The lowest BCUT2D eigenvalue weighted by Crippen LogP contribution is -2.41. The summed E-state index contributed by atoms with van der Waals surface area (Å²) in [5.74, 6) is 0. The van der Waals surface area contributed by atoms with Crippen molar-refractivity contribution in [2.24, 2.45) is 5.41 Å². The zero-order valence-electron chi connectivity index (χ0n) is 10.5. The van der Waals surface area contributed by atoms with Crippen LogP contribution in [-0.2, 0) is 11.3 Å². The van der Waals surface area contributed by atoms with Gasteiger partial charge in [0.15, 0.2) is 0 Å². The van der Waals surface area contributed by atoms with Gasteiger partial charge in [0.2, 0.25) is 0 Å². The maximum atomic E-state index is 9.57. The number of benzene rings is 1. The largest absolute Gasteiger partial charge is 0.396 e. The molecule has 0 aliphatic carbocycles. The molecule has 0 aromatic heterocycles. The Hall–Kier alpha value is -0.610. The number of aliphatic hydroxyl groups excluding tert-OH is 1. The van der Waals surface area contributed by atoms with Crippen molar-refractivity contribution < 1.29 is 9.84 Å². The van der Waals surface area contributed by atoms with E-state index in [4.69, 9.17) is 16.3 Å². The van der Waals surface area contributed by atoms with Crippen molar-refractivity contribution in [3.63, 3.8) is 0 Å². The van der Waals surface area contributed by atoms with E-state index in [9.17, 15) is 5.11 Å². The molecule has 1 saturated heterocycles. The molecule has 0 atom stereocenters. The second kappa shape index (κ2) is 6.53. The summed E-state index contributed by atoms with van der Waals surface area (Å²) in [7, 11) is 0. The van der Waals surface area contributed by atoms with Crippen molar-refractivity contribution >= 4 is 11.6 Å². The summed E-state index contributed by atoms with van der Waals surface area (Å²) in [6.07, 6.45) is 1.85. The first kappa shape index (κ1) is 13.8. The van der Waals surface area contributed by atoms with Gasteiger partial charge in [-0.1, -0.05) is 23.7 Å². The van der Waals surface area contributed by atoms with Gasteiger partial charge in [-0.3, -0.25) is 0 Å². The molecule has 1 aromatic carbocycles. The number of nitrogens with one attached hydrogen (secondary N) is 1. The molecule has 3 nitrogen and oxygen atoms in total. The lowest BCUT2D eigenvalue weighted by molar-refractivity contribution is -0.0154. The fourth-order valence-electron chi connectivity index (χ4n) is 2.31. The fraction of sp³-hybridized carbons (Fsp3) is 0.571. The summed E-state index contributed by atoms with van der Waals surface area (Å²) < 4.78 is 5.35. The third-order valence-corrected chi connectivity index (χ3v) is 3.84. The van der Waals surface area contributed by atoms with E-state index < -0.39 is 0 Å². The third-order valence-electron chi connectivity index (χ3n) is 3.61. The second-order valence-corrected chi connectivity index (χ2v) is 5.44. The van der Waals surface area contributed by atoms with Crippen LogP contribution in [0.4, 0.5) is 0 Å². The second-order valence-electron chi connectivity index (χ2n) is 5.00. The Morgan fingerprint density at radius 1 is 1.33 bits per heavy atom. The van der Waals surface area contributed by atoms with Gasteiger partial charge in [0, 0.05) is 36.7 Å². The molecule has 4 heteroatoms. The van der Waals surface area contributed by atoms with Gasteiger partial charge in [0.25, 0.3) is 0 Å². The average Bonchev–Trinajstić information content (AvgIpc) is 2.40. The van der Waals surface area contributed by atoms with E-state index in [2.05, 4.69) is 11.4 Å². The molecule has 18 heavy (non-hydrogen) atoms. The van der Waals surface area contributed by atoms with Gasteiger partial charge in [0.1, 0.15) is 0 Å². The van der Waals surface area contributed by atoms with Crippen LogP contribution in [0.3, 0.4) is 0 Å². The Morgan fingerprint density at radius 3 is 2.78 bits per heavy atom. The highest BCUT2D eigenvalue weighted by Crippen LogP contribution is 2.29. The quantitative estimate of drug-likeness (QED) is 0.861. The van der Waals surface area contributed by atoms with Crippen molar-refractivity contribution in [1.29, 1.82) is 0 Å². The van der Waals surface area contributed by atoms with E-state index in [0.29, 0.717) is 0 Å². The summed E-state index contributed by atoms with van der Waals surface area (Å²) in [5, 5.41) is 13.7. The van der Waals surface area contributed by atoms with E-state index in [1.807, 2.05) is 18.2 Å². The minimum Gasteiger partial charge on any atom is -0.396 e. The fourth-order valence-corrected chi connectivity index (χ4v) is 2.53. The first-order chi connectivity index (χ1) is 8.74. The van der Waals surface area contributed by atoms with Gasteiger partial charge in [0.05, 0.1) is 6.61 Å². The molecule has 1 aliphatic rings. The molecule has 2 N–H and O–H groups in total. The average molecular weight is 270 g/mol. The Morgan fingerprint density at radius 2 is 2.11 bits per heavy atom. The first-order valence-electron chi connectivity index (χ1n) is 6.38. The molecule has 1 aromatic rings. The number of rotatable bonds is 5. The predicted molar refractivity (Wildman–Crippen MR) is 72.7 cm³/mol. The summed E-state index contributed by atoms with van der Waals surface area (Å²) in [4.78, 5) is 0. The normalized spacial score (nSPS) is 18.8. The molecule has 2 rings (SSSR count). The SMILES string of the molecule is OCC1(CNCc2cccc(Cl)c2)CCOCC1. The molecule has 0 unspecified atom stereocenters. The Bertz CT molecular complexity index is 378. The standard InChI is InChI=1S/C14H20ClNO2/c15-13-3-1-2-12(8-13)9-16-10-14(11-17)4-6-18-7-5-14/h1-3,8,16-17H,4-7,9-11H2. The van der Waals surface area contributed by atoms with Crippen LogP contribution < -0.4 is 5.32 Å². The van der Waals surface area contributed by atoms with Gasteiger partial charge in [-0.2, -0.15) is 0 Å². The topological polar surface area (TPSA) is 41.5 Å². The molecule has 0 spiro atoms. The van der Waals surface area contributed by atoms with Crippen LogP contribution in [0, 0.1) is 5.41 Å². The van der Waals surface area contributed by atoms with Crippen LogP contribution in [0.2, 0.25) is 5.02 Å². The molecule has 1 aliphatic heterocycles. The monoisotopic (exact) mass is 269 g/mol. The smallest absolute Gasteiger partial charge is 0.0501 e. The number of halogens is 1. The van der Waals surface area contributed by atoms with Crippen LogP contribution in [-0.4, -0.2) is 31.5 Å². The molecule has 0 saturated carbocycles. The Kier molecular flexibility index (Phi) is 5.01. The maximum absolute atomic E-state index is 9.57. The lowest BCUT2D eigenvalue weighted by atomic mass is 9.81. The number of aliphatic hydroxyl groups is 1. The van der Waals surface area contributed by atoms with Gasteiger partial charge in [-0.25, -0.2) is 0 Å². The highest BCUT2D eigenvalue weighted by atomic mass is 35.5. The third kappa shape index (κ3) is 3.69. The Labute approximate surface area is 113 Å². The summed E-state index contributed by atoms with van der Waals surface area (Å²) in [6, 6.07) is 7.84. The molecule has 0 amide bonds. The van der Waals surface area contributed by atoms with Gasteiger partial charge >= 0.3 is 0 Å². The van der Waals surface area contributed by atoms with E-state index in [-0.39, 0.29) is 12.0 Å². The summed E-state index contributed by atoms with van der Waals surface area (Å²) >= 11 is 5.94. The predicted octanol–water partition coefficient (Wildman–Crippen LogP) is 2.22. The van der Waals surface area contributed by atoms with E-state index in [1.54, 1.807) is 0 Å². The first-order valence-corrected chi connectivity index (χ1v) is 6.76. The molecular weight excluding hydrogens is 250 g/mol. The molecule has 100 valence electrons. The minimum absolute atomic E-state index is 0.0170. The Balaban J connectivity index is 1.83. The summed E-state index contributed by atoms with van der Waals surface area (Å²) in [6.45, 7) is 3.32. The van der Waals surface area contributed by atoms with Crippen molar-refractivity contribution in [3.05, 3.63) is 34.9 Å². The molecule has 1 heterocycles. The molecular formula is C14H20ClNO2. The van der Waals surface area contributed by atoms with Crippen LogP contribution in [0.5, 0.6) is 0 Å². The van der Waals surface area contributed by atoms with Crippen LogP contribution in [0.1, 0.15) is 18.4 Å². The van der Waals surface area contributed by atoms with E-state index in [1.165, 1.54) is 5.56 Å². The molecule has 1 fully saturated rings. The lowest BCUT2D eigenvalue weighted by Gasteiger charge is -2.35. The van der Waals surface area contributed by atoms with Crippen LogP contribution >= 0.6 is 11.6 Å². The van der Waals surface area contributed by atoms with Crippen molar-refractivity contribution in [2.75, 3.05) is 26.4 Å². The highest BCUT2D eigenvalue weighted by molar-refractivity contribution is 6.30. The van der Waals surface area contributed by atoms with Crippen LogP contribution in [0.15, 0.2) is 24.3 Å². The number of hydrogen-bond donors (Lipinski definition) is 2. The van der Waals surface area contributed by atoms with Gasteiger partial charge in [-0.05, 0) is 30.5 Å². The van der Waals surface area contributed by atoms with E-state index >= 15 is 0 Å². The number of ether oxygens (including phenoxy) is 1. The van der Waals surface area contributed by atoms with Crippen molar-refractivity contribution in [3.8, 4) is 0 Å². The van der Waals surface area contributed by atoms with Gasteiger partial charge in [-0.15, -0.1) is 0 Å². The van der Waals surface area contributed by atoms with Crippen molar-refractivity contribution in [2.45, 2.75) is 19.4 Å². The molecule has 0 radical (unpaired) electrons.